The summed E-state index contributed by atoms with van der Waals surface area (Å²) in [7, 11) is 0. The van der Waals surface area contributed by atoms with Crippen LogP contribution in [0.15, 0.2) is 21.6 Å². The predicted octanol–water partition coefficient (Wildman–Crippen LogP) is 1.75. The molecule has 1 atom stereocenters. The second kappa shape index (κ2) is 9.44. The van der Waals surface area contributed by atoms with Gasteiger partial charge in [-0.1, -0.05) is 0 Å². The molecule has 1 N–H and O–H groups in total. The van der Waals surface area contributed by atoms with Crippen LogP contribution >= 0.6 is 0 Å². The van der Waals surface area contributed by atoms with E-state index in [0.29, 0.717) is 32.2 Å². The topological polar surface area (TPSA) is 122 Å². The third kappa shape index (κ3) is 4.90. The van der Waals surface area contributed by atoms with Crippen LogP contribution in [0.4, 0.5) is 19.2 Å². The Hall–Kier alpha value is -3.42. The van der Waals surface area contributed by atoms with Crippen molar-refractivity contribution in [3.8, 4) is 0 Å². The molecule has 4 heterocycles. The van der Waals surface area contributed by atoms with E-state index in [9.17, 15) is 22.8 Å². The van der Waals surface area contributed by atoms with Crippen LogP contribution in [0, 0.1) is 6.92 Å². The fourth-order valence-corrected chi connectivity index (χ4v) is 3.82. The number of oxazole rings is 1. The summed E-state index contributed by atoms with van der Waals surface area (Å²) in [6.07, 6.45) is -1.88. The van der Waals surface area contributed by atoms with Gasteiger partial charge in [-0.05, 0) is 13.8 Å². The van der Waals surface area contributed by atoms with E-state index in [0.717, 1.165) is 16.6 Å². The molecule has 0 aliphatic carbocycles. The fourth-order valence-electron chi connectivity index (χ4n) is 3.82. The highest BCUT2D eigenvalue weighted by Gasteiger charge is 2.38. The molecule has 3 aromatic rings. The molecule has 0 aromatic carbocycles. The van der Waals surface area contributed by atoms with Crippen molar-refractivity contribution >= 4 is 22.8 Å². The molecule has 3 aromatic heterocycles. The van der Waals surface area contributed by atoms with Crippen LogP contribution in [0.25, 0.3) is 10.9 Å². The molecule has 184 valence electrons. The van der Waals surface area contributed by atoms with E-state index >= 15 is 0 Å². The number of nitrogens with zero attached hydrogens (tertiary/aromatic N) is 6. The Balaban J connectivity index is 1.28. The largest absolute Gasteiger partial charge is 0.435 e. The van der Waals surface area contributed by atoms with Gasteiger partial charge in [-0.3, -0.25) is 14.3 Å². The van der Waals surface area contributed by atoms with Crippen LogP contribution in [0.1, 0.15) is 30.8 Å². The van der Waals surface area contributed by atoms with E-state index in [1.165, 1.54) is 0 Å². The Morgan fingerprint density at radius 2 is 2.00 bits per heavy atom. The van der Waals surface area contributed by atoms with E-state index < -0.39 is 28.9 Å². The average molecular weight is 483 g/mol. The Bertz CT molecular complexity index is 1210. The Labute approximate surface area is 191 Å². The molecule has 11 nitrogen and oxygen atoms in total. The minimum absolute atomic E-state index is 0.00540. The first kappa shape index (κ1) is 23.7. The molecule has 1 saturated heterocycles. The molecule has 14 heteroatoms. The highest BCUT2D eigenvalue weighted by Crippen LogP contribution is 2.33. The minimum Gasteiger partial charge on any atom is -0.429 e. The zero-order valence-corrected chi connectivity index (χ0v) is 18.6. The highest BCUT2D eigenvalue weighted by atomic mass is 19.4. The van der Waals surface area contributed by atoms with E-state index in [-0.39, 0.29) is 31.1 Å². The number of hydrogen-bond donors (Lipinski definition) is 1. The Morgan fingerprint density at radius 1 is 1.26 bits per heavy atom. The van der Waals surface area contributed by atoms with Gasteiger partial charge < -0.3 is 19.0 Å². The standard InChI is InChI=1S/C20H24F3N7O4/c1-12(30-14-10-25-26-18(32)16(14)17(27-30)20(21,22)23)11-33-8-3-15(31)28-4-6-29(7-5-28)19-24-9-13(2)34-19/h9-10,12H,3-8,11H2,1-2H3,(H,26,32). The zero-order valence-electron chi connectivity index (χ0n) is 18.6. The third-order valence-corrected chi connectivity index (χ3v) is 5.54. The number of halogens is 3. The molecule has 0 bridgehead atoms. The molecule has 34 heavy (non-hydrogen) atoms. The summed E-state index contributed by atoms with van der Waals surface area (Å²) in [6.45, 7) is 5.79. The number of H-pyrrole nitrogens is 1. The van der Waals surface area contributed by atoms with E-state index in [2.05, 4.69) is 15.2 Å². The summed E-state index contributed by atoms with van der Waals surface area (Å²) in [6, 6.07) is -0.0796. The van der Waals surface area contributed by atoms with Crippen molar-refractivity contribution in [1.29, 1.82) is 0 Å². The highest BCUT2D eigenvalue weighted by molar-refractivity contribution is 5.80. The van der Waals surface area contributed by atoms with Crippen LogP contribution < -0.4 is 10.5 Å². The van der Waals surface area contributed by atoms with Gasteiger partial charge in [0.2, 0.25) is 5.91 Å². The van der Waals surface area contributed by atoms with Crippen molar-refractivity contribution in [3.05, 3.63) is 34.2 Å². The number of ether oxygens (including phenoxy) is 1. The molecule has 1 aliphatic heterocycles. The van der Waals surface area contributed by atoms with E-state index in [1.807, 2.05) is 16.9 Å². The third-order valence-electron chi connectivity index (χ3n) is 5.54. The van der Waals surface area contributed by atoms with Crippen molar-refractivity contribution in [2.45, 2.75) is 32.5 Å². The maximum absolute atomic E-state index is 13.3. The van der Waals surface area contributed by atoms with Gasteiger partial charge >= 0.3 is 6.18 Å². The summed E-state index contributed by atoms with van der Waals surface area (Å²) in [5.41, 5.74) is -2.28. The van der Waals surface area contributed by atoms with Gasteiger partial charge in [0.05, 0.1) is 43.6 Å². The van der Waals surface area contributed by atoms with Crippen molar-refractivity contribution < 1.29 is 27.1 Å². The Morgan fingerprint density at radius 3 is 2.65 bits per heavy atom. The quantitative estimate of drug-likeness (QED) is 0.505. The molecular formula is C20H24F3N7O4. The molecule has 1 fully saturated rings. The minimum atomic E-state index is -4.79. The lowest BCUT2D eigenvalue weighted by Gasteiger charge is -2.33. The van der Waals surface area contributed by atoms with Crippen molar-refractivity contribution in [2.24, 2.45) is 0 Å². The van der Waals surface area contributed by atoms with Crippen LogP contribution in [-0.2, 0) is 15.7 Å². The van der Waals surface area contributed by atoms with Gasteiger partial charge in [-0.15, -0.1) is 0 Å². The first-order chi connectivity index (χ1) is 16.1. The number of aromatic nitrogens is 5. The van der Waals surface area contributed by atoms with E-state index in [1.54, 1.807) is 18.0 Å². The summed E-state index contributed by atoms with van der Waals surface area (Å²) in [5.74, 6) is 0.649. The molecule has 1 aliphatic rings. The summed E-state index contributed by atoms with van der Waals surface area (Å²) >= 11 is 0. The maximum atomic E-state index is 13.3. The number of piperazine rings is 1. The Kier molecular flexibility index (Phi) is 6.59. The predicted molar refractivity (Wildman–Crippen MR) is 113 cm³/mol. The molecule has 1 unspecified atom stereocenters. The number of carbonyl (C=O) groups excluding carboxylic acids is 1. The number of carbonyl (C=O) groups is 1. The van der Waals surface area contributed by atoms with Crippen molar-refractivity contribution in [3.63, 3.8) is 0 Å². The number of nitrogens with one attached hydrogen (secondary N) is 1. The molecule has 0 radical (unpaired) electrons. The molecular weight excluding hydrogens is 459 g/mol. The van der Waals surface area contributed by atoms with Gasteiger partial charge in [-0.25, -0.2) is 10.1 Å². The lowest BCUT2D eigenvalue weighted by atomic mass is 10.2. The lowest BCUT2D eigenvalue weighted by molar-refractivity contribution is -0.140. The number of hydrogen-bond acceptors (Lipinski definition) is 8. The first-order valence-electron chi connectivity index (χ1n) is 10.7. The van der Waals surface area contributed by atoms with Gasteiger partial charge in [0.15, 0.2) is 5.69 Å². The molecule has 0 saturated carbocycles. The van der Waals surface area contributed by atoms with Gasteiger partial charge in [0, 0.05) is 26.2 Å². The van der Waals surface area contributed by atoms with Crippen LogP contribution in [0.3, 0.4) is 0 Å². The first-order valence-corrected chi connectivity index (χ1v) is 10.7. The number of alkyl halides is 3. The van der Waals surface area contributed by atoms with Crippen LogP contribution in [0.5, 0.6) is 0 Å². The number of aryl methyl sites for hydroxylation is 1. The van der Waals surface area contributed by atoms with Crippen molar-refractivity contribution in [2.75, 3.05) is 44.3 Å². The molecule has 0 spiro atoms. The summed E-state index contributed by atoms with van der Waals surface area (Å²) in [4.78, 5) is 32.3. The number of aromatic amines is 1. The number of amides is 1. The average Bonchev–Trinajstić information content (AvgIpc) is 3.41. The normalized spacial score (nSPS) is 15.8. The monoisotopic (exact) mass is 483 g/mol. The van der Waals surface area contributed by atoms with Gasteiger partial charge in [0.1, 0.15) is 11.1 Å². The van der Waals surface area contributed by atoms with Gasteiger partial charge in [-0.2, -0.15) is 23.4 Å². The lowest BCUT2D eigenvalue weighted by Crippen LogP contribution is -2.49. The maximum Gasteiger partial charge on any atom is 0.435 e. The van der Waals surface area contributed by atoms with Crippen LogP contribution in [-0.4, -0.2) is 75.2 Å². The number of fused-ring (bicyclic) bond motifs is 1. The second-order valence-corrected chi connectivity index (χ2v) is 8.05. The molecule has 1 amide bonds. The number of rotatable bonds is 7. The number of anilines is 1. The smallest absolute Gasteiger partial charge is 0.429 e. The summed E-state index contributed by atoms with van der Waals surface area (Å²) in [5, 5.41) is 8.62. The van der Waals surface area contributed by atoms with E-state index in [4.69, 9.17) is 9.15 Å². The zero-order chi connectivity index (χ0) is 24.5. The second-order valence-electron chi connectivity index (χ2n) is 8.05. The van der Waals surface area contributed by atoms with Crippen LogP contribution in [0.2, 0.25) is 0 Å². The van der Waals surface area contributed by atoms with Gasteiger partial charge in [0.25, 0.3) is 11.6 Å². The van der Waals surface area contributed by atoms with Crippen molar-refractivity contribution in [1.82, 2.24) is 29.9 Å². The summed E-state index contributed by atoms with van der Waals surface area (Å²) < 4.78 is 52.1. The molecule has 4 rings (SSSR count). The fraction of sp³-hybridized carbons (Fsp3) is 0.550. The SMILES string of the molecule is Cc1cnc(N2CCN(C(=O)CCOCC(C)n3nc(C(F)(F)F)c4c(=O)[nH]ncc43)CC2)o1.